The SMILES string of the molecule is O=C1N[C@]2(C(=O)NS(=O)(=O)C3CC3)C[C@H]2/C=C\CCCCC[C@H](Nc2nc(-c3ccc(F)cc3F)cs2)C(=O)N2C[C@H](OC(=O)N3Cc4cccc(F)c4C3)C[C@@H]12. The van der Waals surface area contributed by atoms with Crippen LogP contribution in [0.15, 0.2) is 53.9 Å². The van der Waals surface area contributed by atoms with Crippen molar-refractivity contribution in [2.24, 2.45) is 5.92 Å². The van der Waals surface area contributed by atoms with E-state index in [0.717, 1.165) is 36.3 Å². The normalized spacial score (nSPS) is 26.9. The van der Waals surface area contributed by atoms with Crippen LogP contribution in [-0.4, -0.2) is 82.5 Å². The number of carbonyl (C=O) groups excluding carboxylic acids is 4. The van der Waals surface area contributed by atoms with Crippen LogP contribution >= 0.6 is 11.3 Å². The summed E-state index contributed by atoms with van der Waals surface area (Å²) in [7, 11) is -3.94. The van der Waals surface area contributed by atoms with Gasteiger partial charge in [-0.2, -0.15) is 0 Å². The molecule has 4 amide bonds. The number of halogens is 3. The summed E-state index contributed by atoms with van der Waals surface area (Å²) in [6.45, 7) is -0.0797. The molecule has 0 spiro atoms. The zero-order valence-electron chi connectivity index (χ0n) is 30.7. The minimum atomic E-state index is -3.94. The van der Waals surface area contributed by atoms with E-state index in [9.17, 15) is 40.8 Å². The van der Waals surface area contributed by atoms with Crippen LogP contribution < -0.4 is 15.4 Å². The van der Waals surface area contributed by atoms with Gasteiger partial charge in [-0.15, -0.1) is 11.3 Å². The lowest BCUT2D eigenvalue weighted by atomic mass is 10.1. The van der Waals surface area contributed by atoms with Gasteiger partial charge in [0.1, 0.15) is 41.2 Å². The van der Waals surface area contributed by atoms with Crippen molar-refractivity contribution in [1.29, 1.82) is 0 Å². The lowest BCUT2D eigenvalue weighted by Gasteiger charge is -2.29. The third-order valence-electron chi connectivity index (χ3n) is 11.3. The molecule has 3 N–H and O–H groups in total. The fourth-order valence-electron chi connectivity index (χ4n) is 7.88. The van der Waals surface area contributed by atoms with Crippen molar-refractivity contribution in [2.45, 2.75) is 99.9 Å². The number of amides is 4. The highest BCUT2D eigenvalue weighted by Gasteiger charge is 2.62. The van der Waals surface area contributed by atoms with E-state index in [4.69, 9.17) is 4.74 Å². The molecule has 5 aliphatic rings. The predicted octanol–water partition coefficient (Wildman–Crippen LogP) is 5.13. The number of hydrogen-bond donors (Lipinski definition) is 3. The second kappa shape index (κ2) is 15.4. The van der Waals surface area contributed by atoms with E-state index in [1.807, 2.05) is 12.2 Å². The first kappa shape index (κ1) is 38.9. The minimum absolute atomic E-state index is 0.0138. The maximum absolute atomic E-state index is 14.6. The van der Waals surface area contributed by atoms with Gasteiger partial charge in [-0.05, 0) is 62.3 Å². The molecule has 2 saturated carbocycles. The van der Waals surface area contributed by atoms with Crippen LogP contribution in [0.2, 0.25) is 0 Å². The molecular formula is C39H41F3N6O7S2. The molecule has 1 aromatic heterocycles. The van der Waals surface area contributed by atoms with Gasteiger partial charge in [-0.3, -0.25) is 24.0 Å². The maximum Gasteiger partial charge on any atom is 0.410 e. The van der Waals surface area contributed by atoms with Gasteiger partial charge < -0.3 is 20.3 Å². The Morgan fingerprint density at radius 1 is 1.02 bits per heavy atom. The highest BCUT2D eigenvalue weighted by atomic mass is 32.2. The molecule has 3 fully saturated rings. The van der Waals surface area contributed by atoms with Crippen LogP contribution in [0.25, 0.3) is 11.3 Å². The number of hydrogen-bond acceptors (Lipinski definition) is 10. The Bertz CT molecular complexity index is 2250. The first-order valence-electron chi connectivity index (χ1n) is 19.1. The van der Waals surface area contributed by atoms with Gasteiger partial charge in [0.2, 0.25) is 21.8 Å². The Morgan fingerprint density at radius 2 is 1.84 bits per heavy atom. The van der Waals surface area contributed by atoms with E-state index in [-0.39, 0.29) is 48.9 Å². The van der Waals surface area contributed by atoms with E-state index in [0.29, 0.717) is 43.2 Å². The average Bonchev–Trinajstić information content (AvgIpc) is 3.97. The highest BCUT2D eigenvalue weighted by molar-refractivity contribution is 7.91. The Labute approximate surface area is 331 Å². The van der Waals surface area contributed by atoms with Crippen LogP contribution in [0.3, 0.4) is 0 Å². The first-order valence-corrected chi connectivity index (χ1v) is 21.5. The van der Waals surface area contributed by atoms with E-state index in [1.165, 1.54) is 21.9 Å². The number of sulfonamides is 1. The van der Waals surface area contributed by atoms with E-state index < -0.39 is 86.2 Å². The topological polar surface area (TPSA) is 167 Å². The smallest absolute Gasteiger partial charge is 0.410 e. The van der Waals surface area contributed by atoms with Gasteiger partial charge in [-0.1, -0.05) is 37.1 Å². The molecule has 2 aliphatic carbocycles. The molecule has 0 radical (unpaired) electrons. The molecule has 2 aromatic carbocycles. The minimum Gasteiger partial charge on any atom is -0.444 e. The Balaban J connectivity index is 1.06. The number of benzene rings is 2. The fraction of sp³-hybridized carbons (Fsp3) is 0.462. The largest absolute Gasteiger partial charge is 0.444 e. The molecule has 18 heteroatoms. The first-order chi connectivity index (χ1) is 27.3. The van der Waals surface area contributed by atoms with Gasteiger partial charge in [-0.25, -0.2) is 31.4 Å². The molecule has 3 aromatic rings. The van der Waals surface area contributed by atoms with Gasteiger partial charge >= 0.3 is 6.09 Å². The Morgan fingerprint density at radius 3 is 2.61 bits per heavy atom. The molecule has 0 unspecified atom stereocenters. The second-order valence-electron chi connectivity index (χ2n) is 15.4. The van der Waals surface area contributed by atoms with Crippen molar-refractivity contribution in [1.82, 2.24) is 24.8 Å². The number of aromatic nitrogens is 1. The van der Waals surface area contributed by atoms with Gasteiger partial charge in [0, 0.05) is 41.5 Å². The van der Waals surface area contributed by atoms with E-state index in [2.05, 4.69) is 20.3 Å². The Hall–Kier alpha value is -4.97. The average molecular weight is 827 g/mol. The molecule has 5 atom stereocenters. The fourth-order valence-corrected chi connectivity index (χ4v) is 10.0. The van der Waals surface area contributed by atoms with Crippen LogP contribution in [0.1, 0.15) is 68.9 Å². The molecule has 302 valence electrons. The van der Waals surface area contributed by atoms with E-state index >= 15 is 0 Å². The second-order valence-corrected chi connectivity index (χ2v) is 18.2. The lowest BCUT2D eigenvalue weighted by Crippen LogP contribution is -2.57. The summed E-state index contributed by atoms with van der Waals surface area (Å²) in [6.07, 6.45) is 5.97. The molecule has 8 rings (SSSR count). The summed E-state index contributed by atoms with van der Waals surface area (Å²) < 4.78 is 76.4. The predicted molar refractivity (Wildman–Crippen MR) is 202 cm³/mol. The number of anilines is 1. The monoisotopic (exact) mass is 826 g/mol. The van der Waals surface area contributed by atoms with Crippen LogP contribution in [0, 0.1) is 23.4 Å². The van der Waals surface area contributed by atoms with Gasteiger partial charge in [0.25, 0.3) is 5.91 Å². The third kappa shape index (κ3) is 8.10. The lowest BCUT2D eigenvalue weighted by molar-refractivity contribution is -0.140. The molecule has 0 bridgehead atoms. The van der Waals surface area contributed by atoms with Crippen LogP contribution in [-0.2, 0) is 42.2 Å². The third-order valence-corrected chi connectivity index (χ3v) is 13.9. The quantitative estimate of drug-likeness (QED) is 0.274. The van der Waals surface area contributed by atoms with Crippen molar-refractivity contribution in [3.8, 4) is 11.3 Å². The maximum atomic E-state index is 14.6. The van der Waals surface area contributed by atoms with E-state index in [1.54, 1.807) is 17.5 Å². The zero-order valence-corrected chi connectivity index (χ0v) is 32.4. The van der Waals surface area contributed by atoms with Crippen molar-refractivity contribution >= 4 is 50.3 Å². The van der Waals surface area contributed by atoms with Crippen molar-refractivity contribution in [3.63, 3.8) is 0 Å². The van der Waals surface area contributed by atoms with Crippen LogP contribution in [0.4, 0.5) is 23.1 Å². The van der Waals surface area contributed by atoms with Crippen molar-refractivity contribution < 1.29 is 45.5 Å². The summed E-state index contributed by atoms with van der Waals surface area (Å²) >= 11 is 1.12. The molecular weight excluding hydrogens is 786 g/mol. The standard InChI is InChI=1S/C39H41F3N6O7S2/c40-24-11-14-27(30(42)15-24)32-21-56-37(44-32)43-31-10-5-3-1-2-4-8-23-17-39(23,36(51)46-57(53,54)26-12-13-26)45-34(49)33-16-25(19-48(33)35(31)50)55-38(52)47-18-22-7-6-9-29(41)28(22)20-47/h4,6-9,11,14-15,21,23,25-26,31,33H,1-3,5,10,12-13,16-20H2,(H,43,44)(H,45,49)(H,46,51)/b8-4-/t23-,25-,31+,33+,39-/m1/s1. The molecule has 3 aliphatic heterocycles. The molecule has 13 nitrogen and oxygen atoms in total. The van der Waals surface area contributed by atoms with Crippen molar-refractivity contribution in [3.05, 3.63) is 82.5 Å². The highest BCUT2D eigenvalue weighted by Crippen LogP contribution is 2.46. The summed E-state index contributed by atoms with van der Waals surface area (Å²) in [5, 5.41) is 7.16. The summed E-state index contributed by atoms with van der Waals surface area (Å²) in [4.78, 5) is 63.2. The van der Waals surface area contributed by atoms with Gasteiger partial charge in [0.05, 0.1) is 24.0 Å². The van der Waals surface area contributed by atoms with Crippen molar-refractivity contribution in [2.75, 3.05) is 11.9 Å². The Kier molecular flexibility index (Phi) is 10.5. The summed E-state index contributed by atoms with van der Waals surface area (Å²) in [6, 6.07) is 5.58. The number of allylic oxidation sites excluding steroid dienone is 1. The summed E-state index contributed by atoms with van der Waals surface area (Å²) in [5.41, 5.74) is -0.243. The number of fused-ring (bicyclic) bond motifs is 3. The van der Waals surface area contributed by atoms with Gasteiger partial charge in [0.15, 0.2) is 5.13 Å². The van der Waals surface area contributed by atoms with Crippen LogP contribution in [0.5, 0.6) is 0 Å². The molecule has 1 saturated heterocycles. The zero-order chi connectivity index (χ0) is 40.1. The molecule has 4 heterocycles. The molecule has 57 heavy (non-hydrogen) atoms. The number of nitrogens with zero attached hydrogens (tertiary/aromatic N) is 3. The number of carbonyl (C=O) groups is 4. The number of thiazole rings is 1. The number of nitrogens with one attached hydrogen (secondary N) is 3. The number of rotatable bonds is 7. The number of ether oxygens (including phenoxy) is 1. The summed E-state index contributed by atoms with van der Waals surface area (Å²) in [5.74, 6) is -4.54.